The third-order valence-corrected chi connectivity index (χ3v) is 9.98. The highest BCUT2D eigenvalue weighted by atomic mass is 19.1. The predicted molar refractivity (Wildman–Crippen MR) is 110 cm³/mol. The number of fused-ring (bicyclic) bond motifs is 2. The molecule has 30 heavy (non-hydrogen) atoms. The third kappa shape index (κ3) is 2.13. The molecule has 6 heteroatoms. The van der Waals surface area contributed by atoms with Crippen molar-refractivity contribution in [3.05, 3.63) is 30.1 Å². The topological polar surface area (TPSA) is 64.6 Å². The molecule has 1 aromatic rings. The number of piperidine rings is 1. The average molecular weight is 412 g/mol. The summed E-state index contributed by atoms with van der Waals surface area (Å²) in [4.78, 5) is 14.8. The van der Waals surface area contributed by atoms with Crippen LogP contribution in [0.15, 0.2) is 24.3 Å². The largest absolute Gasteiger partial charge is 0.387 e. The molecule has 6 fully saturated rings. The van der Waals surface area contributed by atoms with Gasteiger partial charge >= 0.3 is 6.03 Å². The van der Waals surface area contributed by atoms with E-state index in [1.165, 1.54) is 18.9 Å². The lowest BCUT2D eigenvalue weighted by molar-refractivity contribution is -0.126. The van der Waals surface area contributed by atoms with E-state index in [9.17, 15) is 14.3 Å². The summed E-state index contributed by atoms with van der Waals surface area (Å²) in [5.41, 5.74) is 0.189. The molecule has 0 spiro atoms. The van der Waals surface area contributed by atoms with Crippen molar-refractivity contribution in [2.45, 2.75) is 37.3 Å². The minimum Gasteiger partial charge on any atom is -0.387 e. The first-order valence-electron chi connectivity index (χ1n) is 11.8. The van der Waals surface area contributed by atoms with E-state index in [2.05, 4.69) is 15.5 Å². The zero-order chi connectivity index (χ0) is 20.2. The summed E-state index contributed by atoms with van der Waals surface area (Å²) in [5.74, 6) is 5.31. The molecule has 5 saturated carbocycles. The summed E-state index contributed by atoms with van der Waals surface area (Å²) >= 11 is 0. The highest BCUT2D eigenvalue weighted by Crippen LogP contribution is 2.85. The van der Waals surface area contributed by atoms with Gasteiger partial charge in [0.25, 0.3) is 0 Å². The number of amides is 2. The van der Waals surface area contributed by atoms with E-state index in [0.717, 1.165) is 54.7 Å². The van der Waals surface area contributed by atoms with Crippen molar-refractivity contribution in [3.63, 3.8) is 0 Å². The van der Waals surface area contributed by atoms with Gasteiger partial charge in [0.1, 0.15) is 5.82 Å². The second kappa shape index (κ2) is 5.90. The highest BCUT2D eigenvalue weighted by molar-refractivity contribution is 5.74. The van der Waals surface area contributed by atoms with Crippen LogP contribution in [0.1, 0.15) is 25.7 Å². The molecule has 1 heterocycles. The fraction of sp³-hybridized carbons (Fsp3) is 0.708. The zero-order valence-corrected chi connectivity index (χ0v) is 17.1. The van der Waals surface area contributed by atoms with E-state index in [0.29, 0.717) is 30.8 Å². The van der Waals surface area contributed by atoms with Crippen molar-refractivity contribution in [2.24, 2.45) is 47.3 Å². The Labute approximate surface area is 176 Å². The van der Waals surface area contributed by atoms with E-state index >= 15 is 0 Å². The summed E-state index contributed by atoms with van der Waals surface area (Å²) in [6.07, 6.45) is 4.56. The van der Waals surface area contributed by atoms with Gasteiger partial charge in [0.15, 0.2) is 0 Å². The molecule has 0 radical (unpaired) electrons. The molecule has 10 unspecified atom stereocenters. The van der Waals surface area contributed by atoms with Crippen LogP contribution in [0, 0.1) is 53.2 Å². The highest BCUT2D eigenvalue weighted by Gasteiger charge is 2.84. The number of halogens is 1. The molecule has 160 valence electrons. The third-order valence-electron chi connectivity index (χ3n) is 9.98. The van der Waals surface area contributed by atoms with Crippen molar-refractivity contribution >= 4 is 11.7 Å². The number of aliphatic hydroxyl groups is 1. The quantitative estimate of drug-likeness (QED) is 0.714. The second-order valence-electron chi connectivity index (χ2n) is 10.9. The molecule has 1 saturated heterocycles. The Kier molecular flexibility index (Phi) is 3.51. The predicted octanol–water partition coefficient (Wildman–Crippen LogP) is 2.60. The van der Waals surface area contributed by atoms with Gasteiger partial charge in [-0.2, -0.15) is 0 Å². The number of hydrogen-bond acceptors (Lipinski definition) is 3. The lowest BCUT2D eigenvalue weighted by Crippen LogP contribution is -2.60. The van der Waals surface area contributed by atoms with Crippen LogP contribution in [0.5, 0.6) is 0 Å². The number of urea groups is 1. The molecule has 6 aliphatic rings. The Balaban J connectivity index is 0.986. The number of hydrogen-bond donors (Lipinski definition) is 3. The molecule has 5 aliphatic carbocycles. The zero-order valence-electron chi connectivity index (χ0n) is 17.1. The van der Waals surface area contributed by atoms with E-state index in [-0.39, 0.29) is 17.9 Å². The van der Waals surface area contributed by atoms with Crippen LogP contribution in [0.25, 0.3) is 0 Å². The first kappa shape index (κ1) is 17.8. The van der Waals surface area contributed by atoms with Gasteiger partial charge in [-0.25, -0.2) is 9.18 Å². The molecule has 2 bridgehead atoms. The van der Waals surface area contributed by atoms with Gasteiger partial charge in [-0.15, -0.1) is 0 Å². The van der Waals surface area contributed by atoms with Crippen molar-refractivity contribution in [1.29, 1.82) is 0 Å². The standard InChI is InChI=1S/C24H30FN3O2/c25-12-3-1-5-14(7-12)28-6-2-4-13(10-28)27-23(29)26-11-24(30)21-16-9-17-19-15(16)8-18(21)20(19)22(17)24/h1,3,5,7,13,15-22,30H,2,4,6,8-11H2,(H2,26,27,29). The van der Waals surface area contributed by atoms with Gasteiger partial charge in [0.2, 0.25) is 0 Å². The van der Waals surface area contributed by atoms with Crippen LogP contribution in [-0.2, 0) is 0 Å². The minimum absolute atomic E-state index is 0.0359. The van der Waals surface area contributed by atoms with Crippen LogP contribution < -0.4 is 15.5 Å². The Morgan fingerprint density at radius 1 is 1.17 bits per heavy atom. The SMILES string of the molecule is O=C(NCC1(O)C2C3CC4C5C3CC2C5C41)NC1CCCN(c2cccc(F)c2)C1. The molecular formula is C24H30FN3O2. The van der Waals surface area contributed by atoms with Crippen molar-refractivity contribution in [1.82, 2.24) is 10.6 Å². The number of nitrogens with one attached hydrogen (secondary N) is 2. The van der Waals surface area contributed by atoms with Crippen molar-refractivity contribution in [3.8, 4) is 0 Å². The van der Waals surface area contributed by atoms with Gasteiger partial charge in [-0.05, 0) is 91.2 Å². The fourth-order valence-electron chi connectivity index (χ4n) is 9.42. The van der Waals surface area contributed by atoms with Crippen molar-refractivity contribution < 1.29 is 14.3 Å². The van der Waals surface area contributed by atoms with Gasteiger partial charge in [0.05, 0.1) is 5.60 Å². The second-order valence-corrected chi connectivity index (χ2v) is 10.9. The van der Waals surface area contributed by atoms with E-state index in [1.54, 1.807) is 12.1 Å². The molecular weight excluding hydrogens is 381 g/mol. The summed E-state index contributed by atoms with van der Waals surface area (Å²) in [6, 6.07) is 6.52. The Hall–Kier alpha value is -1.82. The summed E-state index contributed by atoms with van der Waals surface area (Å²) in [5, 5.41) is 17.8. The molecule has 1 aromatic carbocycles. The molecule has 1 aliphatic heterocycles. The molecule has 3 N–H and O–H groups in total. The molecule has 5 nitrogen and oxygen atoms in total. The maximum absolute atomic E-state index is 13.6. The van der Waals surface area contributed by atoms with Gasteiger partial charge in [-0.1, -0.05) is 6.07 Å². The number of carbonyl (C=O) groups excluding carboxylic acids is 1. The van der Waals surface area contributed by atoms with E-state index in [1.807, 2.05) is 6.07 Å². The molecule has 0 aromatic heterocycles. The molecule has 7 rings (SSSR count). The Bertz CT molecular complexity index is 904. The number of benzene rings is 1. The lowest BCUT2D eigenvalue weighted by Gasteiger charge is -2.51. The van der Waals surface area contributed by atoms with Gasteiger partial charge in [0, 0.05) is 31.4 Å². The van der Waals surface area contributed by atoms with E-state index in [4.69, 9.17) is 0 Å². The Morgan fingerprint density at radius 2 is 2.00 bits per heavy atom. The van der Waals surface area contributed by atoms with Crippen LogP contribution >= 0.6 is 0 Å². The van der Waals surface area contributed by atoms with Crippen molar-refractivity contribution in [2.75, 3.05) is 24.5 Å². The summed E-state index contributed by atoms with van der Waals surface area (Å²) in [7, 11) is 0. The van der Waals surface area contributed by atoms with Gasteiger partial charge in [-0.3, -0.25) is 0 Å². The fourth-order valence-corrected chi connectivity index (χ4v) is 9.42. The lowest BCUT2D eigenvalue weighted by atomic mass is 9.56. The minimum atomic E-state index is -0.678. The van der Waals surface area contributed by atoms with Crippen LogP contribution in [-0.4, -0.2) is 42.4 Å². The number of rotatable bonds is 4. The smallest absolute Gasteiger partial charge is 0.315 e. The van der Waals surface area contributed by atoms with E-state index < -0.39 is 5.60 Å². The first-order chi connectivity index (χ1) is 14.5. The monoisotopic (exact) mass is 411 g/mol. The first-order valence-corrected chi connectivity index (χ1v) is 11.8. The summed E-state index contributed by atoms with van der Waals surface area (Å²) < 4.78 is 13.6. The normalized spacial score (nSPS) is 48.9. The maximum atomic E-state index is 13.6. The Morgan fingerprint density at radius 3 is 2.87 bits per heavy atom. The molecule has 2 amide bonds. The van der Waals surface area contributed by atoms with Gasteiger partial charge < -0.3 is 20.6 Å². The van der Waals surface area contributed by atoms with Crippen LogP contribution in [0.3, 0.4) is 0 Å². The summed E-state index contributed by atoms with van der Waals surface area (Å²) in [6.45, 7) is 1.96. The number of carbonyl (C=O) groups is 1. The molecule has 10 atom stereocenters. The number of nitrogens with zero attached hydrogens (tertiary/aromatic N) is 1. The average Bonchev–Trinajstić information content (AvgIpc) is 3.26. The maximum Gasteiger partial charge on any atom is 0.315 e. The van der Waals surface area contributed by atoms with Crippen LogP contribution in [0.2, 0.25) is 0 Å². The van der Waals surface area contributed by atoms with Crippen LogP contribution in [0.4, 0.5) is 14.9 Å². The number of anilines is 1.